The Kier molecular flexibility index (Phi) is 4.23. The topological polar surface area (TPSA) is 81.8 Å². The number of amides is 1. The van der Waals surface area contributed by atoms with Crippen molar-refractivity contribution in [3.63, 3.8) is 0 Å². The Morgan fingerprint density at radius 2 is 2.08 bits per heavy atom. The minimum atomic E-state index is -4.71. The van der Waals surface area contributed by atoms with Gasteiger partial charge < -0.3 is 19.7 Å². The first-order valence-corrected chi connectivity index (χ1v) is 8.07. The molecule has 2 N–H and O–H groups in total. The fourth-order valence-electron chi connectivity index (χ4n) is 3.72. The van der Waals surface area contributed by atoms with Crippen LogP contribution in [0.15, 0.2) is 6.33 Å². The van der Waals surface area contributed by atoms with E-state index >= 15 is 0 Å². The Hall–Kier alpha value is -1.81. The fourth-order valence-corrected chi connectivity index (χ4v) is 3.72. The molecule has 1 aromatic heterocycles. The number of imidazole rings is 1. The van der Waals surface area contributed by atoms with Gasteiger partial charge in [0.15, 0.2) is 17.1 Å². The van der Waals surface area contributed by atoms with E-state index in [1.54, 1.807) is 14.1 Å². The smallest absolute Gasteiger partial charge is 0.380 e. The van der Waals surface area contributed by atoms with Crippen molar-refractivity contribution >= 4 is 11.7 Å². The number of halogens is 3. The Labute approximate surface area is 142 Å². The zero-order valence-corrected chi connectivity index (χ0v) is 14.0. The number of nitrogens with zero attached hydrogens (tertiary/aromatic N) is 4. The number of rotatable bonds is 2. The van der Waals surface area contributed by atoms with E-state index < -0.39 is 36.4 Å². The average Bonchev–Trinajstić information content (AvgIpc) is 2.90. The van der Waals surface area contributed by atoms with Crippen LogP contribution in [0.3, 0.4) is 0 Å². The lowest BCUT2D eigenvalue weighted by Crippen LogP contribution is -2.57. The molecule has 0 radical (unpaired) electrons. The SMILES string of the molecule is CN1c2ncn(C)c2C(=O)N(C[C@H]2CCCC(O)(C(F)(F)F)C2)C1O. The molecule has 0 aromatic carbocycles. The molecule has 2 aliphatic rings. The lowest BCUT2D eigenvalue weighted by atomic mass is 9.77. The molecular formula is C15H21F3N4O3. The predicted octanol–water partition coefficient (Wildman–Crippen LogP) is 1.07. The first kappa shape index (κ1) is 18.0. The van der Waals surface area contributed by atoms with Crippen LogP contribution >= 0.6 is 0 Å². The van der Waals surface area contributed by atoms with Crippen LogP contribution in [-0.4, -0.2) is 62.3 Å². The molecule has 1 aliphatic carbocycles. The first-order valence-electron chi connectivity index (χ1n) is 8.07. The maximum absolute atomic E-state index is 13.1. The summed E-state index contributed by atoms with van der Waals surface area (Å²) in [6.45, 7) is -0.0622. The molecule has 3 atom stereocenters. The molecule has 1 amide bonds. The largest absolute Gasteiger partial charge is 0.417 e. The highest BCUT2D eigenvalue weighted by Crippen LogP contribution is 2.44. The van der Waals surface area contributed by atoms with Crippen molar-refractivity contribution < 1.29 is 28.2 Å². The summed E-state index contributed by atoms with van der Waals surface area (Å²) < 4.78 is 40.8. The summed E-state index contributed by atoms with van der Waals surface area (Å²) >= 11 is 0. The molecule has 1 fully saturated rings. The molecule has 2 heterocycles. The van der Waals surface area contributed by atoms with Gasteiger partial charge in [0, 0.05) is 20.6 Å². The highest BCUT2D eigenvalue weighted by Gasteiger charge is 2.55. The van der Waals surface area contributed by atoms with Crippen LogP contribution in [0.25, 0.3) is 0 Å². The molecule has 25 heavy (non-hydrogen) atoms. The third-order valence-electron chi connectivity index (χ3n) is 5.15. The standard InChI is InChI=1S/C15H21F3N4O3/c1-20-8-19-11-10(20)12(23)22(13(24)21(11)2)7-9-4-3-5-14(25,6-9)15(16,17)18/h8-9,13,24-25H,3-7H2,1-2H3/t9-,13?,14?/m0/s1. The number of aliphatic hydroxyl groups excluding tert-OH is 1. The summed E-state index contributed by atoms with van der Waals surface area (Å²) in [6, 6.07) is 0. The monoisotopic (exact) mass is 362 g/mol. The summed E-state index contributed by atoms with van der Waals surface area (Å²) in [5.74, 6) is -0.712. The molecule has 10 heteroatoms. The lowest BCUT2D eigenvalue weighted by molar-refractivity contribution is -0.274. The van der Waals surface area contributed by atoms with Gasteiger partial charge in [-0.2, -0.15) is 13.2 Å². The number of fused-ring (bicyclic) bond motifs is 1. The number of hydrogen-bond donors (Lipinski definition) is 2. The van der Waals surface area contributed by atoms with Crippen molar-refractivity contribution in [2.75, 3.05) is 18.5 Å². The van der Waals surface area contributed by atoms with E-state index in [0.29, 0.717) is 12.2 Å². The zero-order valence-electron chi connectivity index (χ0n) is 14.0. The van der Waals surface area contributed by atoms with Crippen LogP contribution in [0.1, 0.15) is 36.2 Å². The summed E-state index contributed by atoms with van der Waals surface area (Å²) in [4.78, 5) is 19.3. The van der Waals surface area contributed by atoms with Crippen LogP contribution in [0.5, 0.6) is 0 Å². The molecule has 7 nitrogen and oxygen atoms in total. The number of anilines is 1. The Morgan fingerprint density at radius 1 is 1.40 bits per heavy atom. The minimum absolute atomic E-state index is 0.0622. The summed E-state index contributed by atoms with van der Waals surface area (Å²) in [6.07, 6.45) is -4.72. The second-order valence-electron chi connectivity index (χ2n) is 6.93. The second kappa shape index (κ2) is 5.87. The van der Waals surface area contributed by atoms with Gasteiger partial charge in [0.25, 0.3) is 5.91 Å². The van der Waals surface area contributed by atoms with Gasteiger partial charge in [0.2, 0.25) is 6.35 Å². The van der Waals surface area contributed by atoms with Crippen LogP contribution in [-0.2, 0) is 7.05 Å². The van der Waals surface area contributed by atoms with E-state index in [9.17, 15) is 28.2 Å². The van der Waals surface area contributed by atoms with Crippen molar-refractivity contribution in [1.82, 2.24) is 14.5 Å². The van der Waals surface area contributed by atoms with Gasteiger partial charge in [-0.15, -0.1) is 0 Å². The van der Waals surface area contributed by atoms with Gasteiger partial charge >= 0.3 is 6.18 Å². The van der Waals surface area contributed by atoms with Gasteiger partial charge in [0.1, 0.15) is 0 Å². The van der Waals surface area contributed by atoms with E-state index in [0.717, 1.165) is 4.90 Å². The van der Waals surface area contributed by atoms with Gasteiger partial charge in [-0.25, -0.2) is 4.98 Å². The molecule has 1 aromatic rings. The number of hydrogen-bond acceptors (Lipinski definition) is 5. The van der Waals surface area contributed by atoms with Gasteiger partial charge in [-0.1, -0.05) is 0 Å². The number of carbonyl (C=O) groups excluding carboxylic acids is 1. The van der Waals surface area contributed by atoms with Crippen molar-refractivity contribution in [3.8, 4) is 0 Å². The Balaban J connectivity index is 1.81. The molecule has 140 valence electrons. The van der Waals surface area contributed by atoms with Crippen LogP contribution in [0.4, 0.5) is 19.0 Å². The normalized spacial score (nSPS) is 30.6. The second-order valence-corrected chi connectivity index (χ2v) is 6.93. The third kappa shape index (κ3) is 2.86. The number of carbonyl (C=O) groups is 1. The van der Waals surface area contributed by atoms with Crippen LogP contribution < -0.4 is 4.90 Å². The average molecular weight is 362 g/mol. The summed E-state index contributed by atoms with van der Waals surface area (Å²) in [7, 11) is 3.19. The quantitative estimate of drug-likeness (QED) is 0.823. The van der Waals surface area contributed by atoms with Crippen LogP contribution in [0.2, 0.25) is 0 Å². The summed E-state index contributed by atoms with van der Waals surface area (Å²) in [5.41, 5.74) is -2.46. The fraction of sp³-hybridized carbons (Fsp3) is 0.733. The maximum atomic E-state index is 13.1. The van der Waals surface area contributed by atoms with Gasteiger partial charge in [0.05, 0.1) is 6.33 Å². The molecule has 0 bridgehead atoms. The number of aryl methyl sites for hydroxylation is 1. The van der Waals surface area contributed by atoms with Crippen molar-refractivity contribution in [1.29, 1.82) is 0 Å². The van der Waals surface area contributed by atoms with E-state index in [1.807, 2.05) is 0 Å². The molecule has 3 rings (SSSR count). The highest BCUT2D eigenvalue weighted by atomic mass is 19.4. The Bertz CT molecular complexity index is 677. The van der Waals surface area contributed by atoms with Gasteiger partial charge in [-0.05, 0) is 31.6 Å². The van der Waals surface area contributed by atoms with E-state index in [1.165, 1.54) is 15.8 Å². The first-order chi connectivity index (χ1) is 11.5. The van der Waals surface area contributed by atoms with Crippen molar-refractivity contribution in [2.45, 2.75) is 43.8 Å². The maximum Gasteiger partial charge on any atom is 0.417 e. The van der Waals surface area contributed by atoms with Crippen LogP contribution in [0, 0.1) is 5.92 Å². The number of alkyl halides is 3. The molecule has 0 saturated heterocycles. The minimum Gasteiger partial charge on any atom is -0.380 e. The summed E-state index contributed by atoms with van der Waals surface area (Å²) in [5, 5.41) is 20.3. The lowest BCUT2D eigenvalue weighted by Gasteiger charge is -2.43. The predicted molar refractivity (Wildman–Crippen MR) is 81.6 cm³/mol. The zero-order chi connectivity index (χ0) is 18.6. The molecule has 2 unspecified atom stereocenters. The molecule has 1 aliphatic heterocycles. The molecule has 0 spiro atoms. The van der Waals surface area contributed by atoms with Crippen molar-refractivity contribution in [3.05, 3.63) is 12.0 Å². The highest BCUT2D eigenvalue weighted by molar-refractivity contribution is 5.99. The Morgan fingerprint density at radius 3 is 2.72 bits per heavy atom. The van der Waals surface area contributed by atoms with Gasteiger partial charge in [-0.3, -0.25) is 9.69 Å². The van der Waals surface area contributed by atoms with E-state index in [2.05, 4.69) is 4.98 Å². The van der Waals surface area contributed by atoms with E-state index in [4.69, 9.17) is 0 Å². The number of aromatic nitrogens is 2. The van der Waals surface area contributed by atoms with Crippen molar-refractivity contribution in [2.24, 2.45) is 13.0 Å². The van der Waals surface area contributed by atoms with E-state index in [-0.39, 0.29) is 25.1 Å². The molecular weight excluding hydrogens is 341 g/mol. The third-order valence-corrected chi connectivity index (χ3v) is 5.15. The number of aliphatic hydroxyl groups is 2. The molecule has 1 saturated carbocycles.